The molecule has 26 heavy (non-hydrogen) atoms. The van der Waals surface area contributed by atoms with E-state index >= 15 is 0 Å². The van der Waals surface area contributed by atoms with E-state index in [-0.39, 0.29) is 18.6 Å². The molecule has 1 heterocycles. The highest BCUT2D eigenvalue weighted by Gasteiger charge is 2.15. The van der Waals surface area contributed by atoms with Crippen LogP contribution >= 0.6 is 11.6 Å². The molecule has 2 N–H and O–H groups in total. The summed E-state index contributed by atoms with van der Waals surface area (Å²) >= 11 is 6.09. The molecule has 1 amide bonds. The third-order valence-electron chi connectivity index (χ3n) is 4.16. The maximum atomic E-state index is 12.0. The summed E-state index contributed by atoms with van der Waals surface area (Å²) in [6.07, 6.45) is 2.34. The van der Waals surface area contributed by atoms with Gasteiger partial charge in [-0.05, 0) is 48.7 Å². The molecule has 0 aromatic heterocycles. The molecule has 1 aliphatic rings. The minimum absolute atomic E-state index is 0.106. The fourth-order valence-electron chi connectivity index (χ4n) is 2.76. The zero-order valence-electron chi connectivity index (χ0n) is 14.5. The Morgan fingerprint density at radius 1 is 1.19 bits per heavy atom. The molecule has 1 unspecified atom stereocenters. The average molecular weight is 375 g/mol. The van der Waals surface area contributed by atoms with Crippen molar-refractivity contribution in [3.8, 4) is 5.75 Å². The van der Waals surface area contributed by atoms with E-state index in [2.05, 4.69) is 10.6 Å². The number of amides is 1. The SMILES string of the molecule is O=C(CNCc1ccccc1Cl)Nc1ccc(OCC2CCCO2)cc1. The highest BCUT2D eigenvalue weighted by atomic mass is 35.5. The number of rotatable bonds is 8. The molecule has 1 fully saturated rings. The first kappa shape index (κ1) is 18.7. The predicted molar refractivity (Wildman–Crippen MR) is 103 cm³/mol. The molecule has 5 nitrogen and oxygen atoms in total. The summed E-state index contributed by atoms with van der Waals surface area (Å²) in [5.41, 5.74) is 1.70. The lowest BCUT2D eigenvalue weighted by Gasteiger charge is -2.12. The number of hydrogen-bond donors (Lipinski definition) is 2. The minimum atomic E-state index is -0.106. The summed E-state index contributed by atoms with van der Waals surface area (Å²) < 4.78 is 11.2. The van der Waals surface area contributed by atoms with Crippen molar-refractivity contribution in [1.82, 2.24) is 5.32 Å². The Labute approximate surface area is 158 Å². The zero-order chi connectivity index (χ0) is 18.2. The van der Waals surface area contributed by atoms with Gasteiger partial charge in [0.05, 0.1) is 12.6 Å². The van der Waals surface area contributed by atoms with Crippen LogP contribution in [0.15, 0.2) is 48.5 Å². The van der Waals surface area contributed by atoms with Crippen LogP contribution in [-0.2, 0) is 16.1 Å². The molecule has 1 saturated heterocycles. The molecule has 0 saturated carbocycles. The van der Waals surface area contributed by atoms with Crippen molar-refractivity contribution in [2.45, 2.75) is 25.5 Å². The number of anilines is 1. The molecule has 0 spiro atoms. The van der Waals surface area contributed by atoms with Gasteiger partial charge in [0, 0.05) is 23.9 Å². The summed E-state index contributed by atoms with van der Waals surface area (Å²) in [4.78, 5) is 12.0. The van der Waals surface area contributed by atoms with Crippen LogP contribution in [0.3, 0.4) is 0 Å². The Morgan fingerprint density at radius 3 is 2.73 bits per heavy atom. The molecule has 0 aliphatic carbocycles. The van der Waals surface area contributed by atoms with Crippen molar-refractivity contribution in [3.05, 3.63) is 59.1 Å². The Morgan fingerprint density at radius 2 is 2.00 bits per heavy atom. The quantitative estimate of drug-likeness (QED) is 0.740. The molecule has 138 valence electrons. The van der Waals surface area contributed by atoms with Crippen molar-refractivity contribution < 1.29 is 14.3 Å². The number of hydrogen-bond acceptors (Lipinski definition) is 4. The van der Waals surface area contributed by atoms with E-state index in [0.29, 0.717) is 18.2 Å². The second-order valence-corrected chi connectivity index (χ2v) is 6.62. The molecular weight excluding hydrogens is 352 g/mol. The monoisotopic (exact) mass is 374 g/mol. The summed E-state index contributed by atoms with van der Waals surface area (Å²) in [7, 11) is 0. The van der Waals surface area contributed by atoms with E-state index in [4.69, 9.17) is 21.1 Å². The summed E-state index contributed by atoms with van der Waals surface area (Å²) in [6.45, 7) is 2.15. The molecule has 0 bridgehead atoms. The second kappa shape index (κ2) is 9.57. The van der Waals surface area contributed by atoms with E-state index < -0.39 is 0 Å². The fraction of sp³-hybridized carbons (Fsp3) is 0.350. The average Bonchev–Trinajstić information content (AvgIpc) is 3.16. The number of nitrogens with one attached hydrogen (secondary N) is 2. The summed E-state index contributed by atoms with van der Waals surface area (Å²) in [5, 5.41) is 6.64. The smallest absolute Gasteiger partial charge is 0.238 e. The van der Waals surface area contributed by atoms with Crippen molar-refractivity contribution in [2.24, 2.45) is 0 Å². The Hall–Kier alpha value is -2.08. The number of carbonyl (C=O) groups excluding carboxylic acids is 1. The molecule has 1 aliphatic heterocycles. The first-order valence-corrected chi connectivity index (χ1v) is 9.17. The standard InChI is InChI=1S/C20H23ClN2O3/c21-19-6-2-1-4-15(19)12-22-13-20(24)23-16-7-9-17(10-8-16)26-14-18-5-3-11-25-18/h1-2,4,6-10,18,22H,3,5,11-14H2,(H,23,24). The third-order valence-corrected chi connectivity index (χ3v) is 4.53. The molecule has 6 heteroatoms. The van der Waals surface area contributed by atoms with Crippen molar-refractivity contribution in [2.75, 3.05) is 25.1 Å². The lowest BCUT2D eigenvalue weighted by Crippen LogP contribution is -2.27. The molecular formula is C20H23ClN2O3. The van der Waals surface area contributed by atoms with Gasteiger partial charge in [0.15, 0.2) is 0 Å². The molecule has 2 aromatic carbocycles. The van der Waals surface area contributed by atoms with Gasteiger partial charge in [0.25, 0.3) is 0 Å². The largest absolute Gasteiger partial charge is 0.491 e. The predicted octanol–water partition coefficient (Wildman–Crippen LogP) is 3.63. The van der Waals surface area contributed by atoms with Crippen molar-refractivity contribution >= 4 is 23.2 Å². The lowest BCUT2D eigenvalue weighted by atomic mass is 10.2. The van der Waals surface area contributed by atoms with Crippen LogP contribution in [0.1, 0.15) is 18.4 Å². The molecule has 3 rings (SSSR count). The number of carbonyl (C=O) groups is 1. The van der Waals surface area contributed by atoms with Gasteiger partial charge < -0.3 is 20.1 Å². The Bertz CT molecular complexity index is 715. The fourth-order valence-corrected chi connectivity index (χ4v) is 2.96. The third kappa shape index (κ3) is 5.73. The number of benzene rings is 2. The van der Waals surface area contributed by atoms with Gasteiger partial charge in [0.1, 0.15) is 12.4 Å². The molecule has 2 aromatic rings. The van der Waals surface area contributed by atoms with Gasteiger partial charge in [-0.3, -0.25) is 4.79 Å². The highest BCUT2D eigenvalue weighted by Crippen LogP contribution is 2.18. The molecule has 1 atom stereocenters. The van der Waals surface area contributed by atoms with Crippen LogP contribution in [0.2, 0.25) is 5.02 Å². The first-order chi connectivity index (χ1) is 12.7. The van der Waals surface area contributed by atoms with Crippen molar-refractivity contribution in [1.29, 1.82) is 0 Å². The minimum Gasteiger partial charge on any atom is -0.491 e. The van der Waals surface area contributed by atoms with Crippen LogP contribution in [0.4, 0.5) is 5.69 Å². The van der Waals surface area contributed by atoms with E-state index in [1.807, 2.05) is 48.5 Å². The van der Waals surface area contributed by atoms with Crippen LogP contribution in [0, 0.1) is 0 Å². The number of ether oxygens (including phenoxy) is 2. The van der Waals surface area contributed by atoms with E-state index in [1.165, 1.54) is 0 Å². The summed E-state index contributed by atoms with van der Waals surface area (Å²) in [5.74, 6) is 0.667. The highest BCUT2D eigenvalue weighted by molar-refractivity contribution is 6.31. The topological polar surface area (TPSA) is 59.6 Å². The zero-order valence-corrected chi connectivity index (χ0v) is 15.3. The van der Waals surface area contributed by atoms with Gasteiger partial charge >= 0.3 is 0 Å². The van der Waals surface area contributed by atoms with Gasteiger partial charge in [-0.1, -0.05) is 29.8 Å². The normalized spacial score (nSPS) is 16.4. The van der Waals surface area contributed by atoms with E-state index in [9.17, 15) is 4.79 Å². The summed E-state index contributed by atoms with van der Waals surface area (Å²) in [6, 6.07) is 14.9. The second-order valence-electron chi connectivity index (χ2n) is 6.21. The van der Waals surface area contributed by atoms with Gasteiger partial charge in [0.2, 0.25) is 5.91 Å². The maximum absolute atomic E-state index is 12.0. The Balaban J connectivity index is 1.39. The molecule has 0 radical (unpaired) electrons. The van der Waals surface area contributed by atoms with Crippen LogP contribution in [0.5, 0.6) is 5.75 Å². The number of halogens is 1. The van der Waals surface area contributed by atoms with Crippen LogP contribution in [0.25, 0.3) is 0 Å². The maximum Gasteiger partial charge on any atom is 0.238 e. The van der Waals surface area contributed by atoms with Gasteiger partial charge in [-0.25, -0.2) is 0 Å². The Kier molecular flexibility index (Phi) is 6.89. The van der Waals surface area contributed by atoms with Crippen LogP contribution in [-0.4, -0.2) is 31.8 Å². The van der Waals surface area contributed by atoms with E-state index in [1.54, 1.807) is 0 Å². The van der Waals surface area contributed by atoms with Crippen LogP contribution < -0.4 is 15.4 Å². The van der Waals surface area contributed by atoms with Crippen molar-refractivity contribution in [3.63, 3.8) is 0 Å². The lowest BCUT2D eigenvalue weighted by molar-refractivity contribution is -0.115. The van der Waals surface area contributed by atoms with Gasteiger partial charge in [-0.15, -0.1) is 0 Å². The van der Waals surface area contributed by atoms with E-state index in [0.717, 1.165) is 36.4 Å². The van der Waals surface area contributed by atoms with Gasteiger partial charge in [-0.2, -0.15) is 0 Å². The first-order valence-electron chi connectivity index (χ1n) is 8.79.